The average molecular weight is 172 g/mol. The molecule has 0 unspecified atom stereocenters. The summed E-state index contributed by atoms with van der Waals surface area (Å²) in [5.74, 6) is -0.833. The zero-order valence-electron chi connectivity index (χ0n) is 6.66. The maximum Gasteiger partial charge on any atom is 1.00 e. The van der Waals surface area contributed by atoms with Gasteiger partial charge in [0.15, 0.2) is 0 Å². The number of carbonyl (C=O) groups is 1. The molecular formula is C2H6CuNa2O2. The van der Waals surface area contributed by atoms with Gasteiger partial charge < -0.3 is 7.96 Å². The Morgan fingerprint density at radius 1 is 1.57 bits per heavy atom. The number of carboxylic acids is 1. The Balaban J connectivity index is -0.00000000450. The smallest absolute Gasteiger partial charge is 1.00 e. The molecule has 2 nitrogen and oxygen atoms in total. The Labute approximate surface area is 100 Å². The number of hydrogen-bond donors (Lipinski definition) is 1. The van der Waals surface area contributed by atoms with Crippen LogP contribution in [-0.2, 0) is 21.9 Å². The van der Waals surface area contributed by atoms with Gasteiger partial charge in [-0.05, 0) is 0 Å². The SMILES string of the molecule is CC(=O)O.[Cu].[H-].[H-].[Na+].[Na+]. The van der Waals surface area contributed by atoms with Crippen molar-refractivity contribution in [2.45, 2.75) is 6.92 Å². The molecule has 0 amide bonds. The standard InChI is InChI=1S/C2H4O2.Cu.2Na.2H/c1-2(3)4;;;;;/h1H3,(H,3,4);;;;;/q;;2*+1;2*-1. The molecule has 0 rings (SSSR count). The molecule has 0 aromatic carbocycles. The van der Waals surface area contributed by atoms with Crippen molar-refractivity contribution in [3.8, 4) is 0 Å². The summed E-state index contributed by atoms with van der Waals surface area (Å²) in [6.07, 6.45) is 0. The molecule has 0 aliphatic carbocycles. The molecule has 0 spiro atoms. The third-order valence-electron chi connectivity index (χ3n) is 0. The minimum Gasteiger partial charge on any atom is -1.00 e. The van der Waals surface area contributed by atoms with Crippen molar-refractivity contribution in [2.75, 3.05) is 0 Å². The van der Waals surface area contributed by atoms with E-state index in [1.165, 1.54) is 0 Å². The summed E-state index contributed by atoms with van der Waals surface area (Å²) >= 11 is 0. The average Bonchev–Trinajstić information content (AvgIpc) is 0.811. The van der Waals surface area contributed by atoms with Gasteiger partial charge in [0, 0.05) is 24.0 Å². The Morgan fingerprint density at radius 3 is 1.57 bits per heavy atom. The van der Waals surface area contributed by atoms with E-state index in [9.17, 15) is 0 Å². The van der Waals surface area contributed by atoms with E-state index in [2.05, 4.69) is 0 Å². The molecule has 0 saturated heterocycles. The van der Waals surface area contributed by atoms with Crippen molar-refractivity contribution in [1.29, 1.82) is 0 Å². The minimum absolute atomic E-state index is 0. The number of rotatable bonds is 0. The first kappa shape index (κ1) is 23.0. The van der Waals surface area contributed by atoms with Gasteiger partial charge in [-0.3, -0.25) is 4.79 Å². The molecule has 0 aliphatic rings. The van der Waals surface area contributed by atoms with Crippen molar-refractivity contribution in [3.05, 3.63) is 0 Å². The Kier molecular flexibility index (Phi) is 51.6. The summed E-state index contributed by atoms with van der Waals surface area (Å²) in [6, 6.07) is 0. The number of aliphatic carboxylic acids is 1. The first-order chi connectivity index (χ1) is 1.73. The largest absolute Gasteiger partial charge is 1.00 e. The van der Waals surface area contributed by atoms with Crippen LogP contribution in [0.2, 0.25) is 0 Å². The summed E-state index contributed by atoms with van der Waals surface area (Å²) in [4.78, 5) is 9.00. The van der Waals surface area contributed by atoms with Gasteiger partial charge >= 0.3 is 59.1 Å². The first-order valence-electron chi connectivity index (χ1n) is 0.928. The van der Waals surface area contributed by atoms with E-state index in [0.29, 0.717) is 0 Å². The van der Waals surface area contributed by atoms with Crippen LogP contribution in [0.25, 0.3) is 0 Å². The molecule has 0 bridgehead atoms. The van der Waals surface area contributed by atoms with E-state index in [1.807, 2.05) is 0 Å². The van der Waals surface area contributed by atoms with Gasteiger partial charge in [0.2, 0.25) is 0 Å². The fraction of sp³-hybridized carbons (Fsp3) is 0.500. The minimum atomic E-state index is -0.833. The first-order valence-corrected chi connectivity index (χ1v) is 0.928. The van der Waals surface area contributed by atoms with Crippen LogP contribution in [0.4, 0.5) is 0 Å². The van der Waals surface area contributed by atoms with Gasteiger partial charge in [0.25, 0.3) is 5.97 Å². The third kappa shape index (κ3) is 72.4. The van der Waals surface area contributed by atoms with Crippen molar-refractivity contribution in [3.63, 3.8) is 0 Å². The van der Waals surface area contributed by atoms with Crippen LogP contribution in [-0.4, -0.2) is 11.1 Å². The second kappa shape index (κ2) is 15.7. The summed E-state index contributed by atoms with van der Waals surface area (Å²) in [5, 5.41) is 7.42. The zero-order chi connectivity index (χ0) is 3.58. The molecular weight excluding hydrogens is 166 g/mol. The van der Waals surface area contributed by atoms with Gasteiger partial charge in [-0.15, -0.1) is 0 Å². The fourth-order valence-electron chi connectivity index (χ4n) is 0. The van der Waals surface area contributed by atoms with Crippen LogP contribution in [0.3, 0.4) is 0 Å². The predicted octanol–water partition coefficient (Wildman–Crippen LogP) is -5.68. The number of carboxylic acid groups (broad SMARTS) is 1. The molecule has 0 saturated carbocycles. The molecule has 0 heterocycles. The summed E-state index contributed by atoms with van der Waals surface area (Å²) in [7, 11) is 0. The Bertz CT molecular complexity index is 43.5. The van der Waals surface area contributed by atoms with Crippen LogP contribution in [0.5, 0.6) is 0 Å². The molecule has 1 N–H and O–H groups in total. The van der Waals surface area contributed by atoms with Gasteiger partial charge in [-0.25, -0.2) is 0 Å². The molecule has 7 heavy (non-hydrogen) atoms. The Morgan fingerprint density at radius 2 is 1.57 bits per heavy atom. The predicted molar refractivity (Wildman–Crippen MR) is 15.5 cm³/mol. The molecule has 1 radical (unpaired) electrons. The fourth-order valence-corrected chi connectivity index (χ4v) is 0. The van der Waals surface area contributed by atoms with E-state index in [1.54, 1.807) is 0 Å². The molecule has 0 aromatic rings. The van der Waals surface area contributed by atoms with Crippen molar-refractivity contribution < 1.29 is 88.9 Å². The Hall–Kier alpha value is 1.99. The van der Waals surface area contributed by atoms with Gasteiger partial charge in [-0.1, -0.05) is 0 Å². The molecule has 39 valence electrons. The normalized spacial score (nSPS) is 3.57. The van der Waals surface area contributed by atoms with Crippen molar-refractivity contribution in [2.24, 2.45) is 0 Å². The maximum atomic E-state index is 9.00. The topological polar surface area (TPSA) is 37.3 Å². The molecule has 0 fully saturated rings. The molecule has 0 aromatic heterocycles. The van der Waals surface area contributed by atoms with Gasteiger partial charge in [0.05, 0.1) is 0 Å². The van der Waals surface area contributed by atoms with Crippen LogP contribution >= 0.6 is 0 Å². The monoisotopic (exact) mass is 171 g/mol. The van der Waals surface area contributed by atoms with E-state index < -0.39 is 5.97 Å². The summed E-state index contributed by atoms with van der Waals surface area (Å²) in [5.41, 5.74) is 0. The molecule has 0 atom stereocenters. The van der Waals surface area contributed by atoms with Crippen molar-refractivity contribution >= 4 is 5.97 Å². The van der Waals surface area contributed by atoms with E-state index in [-0.39, 0.29) is 79.0 Å². The van der Waals surface area contributed by atoms with Crippen LogP contribution in [0.15, 0.2) is 0 Å². The second-order valence-corrected chi connectivity index (χ2v) is 0.519. The van der Waals surface area contributed by atoms with Crippen LogP contribution < -0.4 is 59.1 Å². The van der Waals surface area contributed by atoms with Crippen LogP contribution in [0, 0.1) is 0 Å². The third-order valence-corrected chi connectivity index (χ3v) is 0. The molecule has 5 heteroatoms. The quantitative estimate of drug-likeness (QED) is 0.369. The van der Waals surface area contributed by atoms with Crippen molar-refractivity contribution in [1.82, 2.24) is 0 Å². The maximum absolute atomic E-state index is 9.00. The van der Waals surface area contributed by atoms with Gasteiger partial charge in [-0.2, -0.15) is 0 Å². The van der Waals surface area contributed by atoms with E-state index in [4.69, 9.17) is 9.90 Å². The van der Waals surface area contributed by atoms with Gasteiger partial charge in [0.1, 0.15) is 0 Å². The molecule has 0 aliphatic heterocycles. The van der Waals surface area contributed by atoms with E-state index >= 15 is 0 Å². The zero-order valence-corrected chi connectivity index (χ0v) is 9.60. The summed E-state index contributed by atoms with van der Waals surface area (Å²) in [6.45, 7) is 1.08. The van der Waals surface area contributed by atoms with E-state index in [0.717, 1.165) is 6.92 Å². The summed E-state index contributed by atoms with van der Waals surface area (Å²) < 4.78 is 0. The second-order valence-electron chi connectivity index (χ2n) is 0.519. The van der Waals surface area contributed by atoms with Crippen LogP contribution in [0.1, 0.15) is 9.78 Å². The number of hydrogen-bond acceptors (Lipinski definition) is 1.